The summed E-state index contributed by atoms with van der Waals surface area (Å²) in [5, 5.41) is 66.7. The molecule has 0 unspecified atom stereocenters. The fourth-order valence-electron chi connectivity index (χ4n) is 0. The van der Waals surface area contributed by atoms with Gasteiger partial charge in [-0.2, -0.15) is 0 Å². The van der Waals surface area contributed by atoms with Gasteiger partial charge < -0.3 is 60.0 Å². The van der Waals surface area contributed by atoms with Gasteiger partial charge in [0.1, 0.15) is 0 Å². The molecule has 0 amide bonds. The van der Waals surface area contributed by atoms with Crippen molar-refractivity contribution in [1.82, 2.24) is 0 Å². The molecule has 0 aliphatic rings. The predicted octanol–water partition coefficient (Wildman–Crippen LogP) is -10.9. The summed E-state index contributed by atoms with van der Waals surface area (Å²) in [6, 6.07) is 0. The molecule has 0 aliphatic heterocycles. The number of carboxylic acid groups (broad SMARTS) is 8. The van der Waals surface area contributed by atoms with Crippen LogP contribution in [0, 0.1) is 0 Å². The molecule has 0 aromatic heterocycles. The van der Waals surface area contributed by atoms with Crippen LogP contribution in [0.25, 0.3) is 0 Å². The first-order chi connectivity index (χ1) is 6.93. The molecule has 0 radical (unpaired) electrons. The summed E-state index contributed by atoms with van der Waals surface area (Å²) >= 11 is 0. The molecular formula is C4BaCaO12SrZr. The van der Waals surface area contributed by atoms with Crippen LogP contribution in [0.1, 0.15) is 0 Å². The van der Waals surface area contributed by atoms with E-state index >= 15 is 0 Å². The van der Waals surface area contributed by atoms with Gasteiger partial charge in [-0.15, -0.1) is 0 Å². The van der Waals surface area contributed by atoms with Gasteiger partial charge in [-0.05, 0) is 24.6 Å². The third-order valence-electron chi connectivity index (χ3n) is 0. The van der Waals surface area contributed by atoms with Gasteiger partial charge >= 0.3 is 158 Å². The van der Waals surface area contributed by atoms with Gasteiger partial charge in [0.2, 0.25) is 0 Å². The van der Waals surface area contributed by atoms with Crippen molar-refractivity contribution < 1.29 is 86.2 Å². The molecule has 98 valence electrons. The molecule has 0 aromatic carbocycles. The minimum Gasteiger partial charge on any atom is -0.652 e. The molecule has 0 aromatic rings. The number of carbonyl (C=O) groups is 4. The molecule has 0 bridgehead atoms. The first-order valence-electron chi connectivity index (χ1n) is 2.45. The fourth-order valence-corrected chi connectivity index (χ4v) is 0. The zero-order valence-corrected chi connectivity index (χ0v) is 22.1. The van der Waals surface area contributed by atoms with Gasteiger partial charge in [-0.3, -0.25) is 0 Å². The van der Waals surface area contributed by atoms with E-state index in [1.807, 2.05) is 0 Å². The van der Waals surface area contributed by atoms with E-state index in [9.17, 15) is 0 Å². The van der Waals surface area contributed by atoms with Crippen molar-refractivity contribution in [2.45, 2.75) is 0 Å². The Balaban J connectivity index is -0.0000000150. The van der Waals surface area contributed by atoms with Crippen molar-refractivity contribution in [3.8, 4) is 0 Å². The van der Waals surface area contributed by atoms with Crippen LogP contribution >= 0.6 is 0 Å². The van der Waals surface area contributed by atoms with Crippen molar-refractivity contribution >= 4 is 157 Å². The zero-order chi connectivity index (χ0) is 14.3. The molecule has 0 fully saturated rings. The Morgan fingerprint density at radius 1 is 0.500 bits per heavy atom. The smallest absolute Gasteiger partial charge is 0.652 e. The minimum atomic E-state index is -2.33. The molecule has 0 saturated carbocycles. The minimum absolute atomic E-state index is 0. The van der Waals surface area contributed by atoms with Gasteiger partial charge in [-0.25, -0.2) is 0 Å². The van der Waals surface area contributed by atoms with Crippen molar-refractivity contribution in [3.05, 3.63) is 0 Å². The van der Waals surface area contributed by atoms with Gasteiger partial charge in [0.15, 0.2) is 0 Å². The van der Waals surface area contributed by atoms with Crippen molar-refractivity contribution in [1.29, 1.82) is 0 Å². The molecule has 16 heteroatoms. The number of hydrogen-bond acceptors (Lipinski definition) is 12. The third kappa shape index (κ3) is 1460. The van der Waals surface area contributed by atoms with Gasteiger partial charge in [0, 0.05) is 0 Å². The Bertz CT molecular complexity index is 175. The molecule has 0 heterocycles. The van der Waals surface area contributed by atoms with E-state index in [0.717, 1.165) is 0 Å². The molecule has 0 N–H and O–H groups in total. The summed E-state index contributed by atoms with van der Waals surface area (Å²) < 4.78 is 0. The Labute approximate surface area is 237 Å². The van der Waals surface area contributed by atoms with E-state index in [1.54, 1.807) is 0 Å². The number of hydrogen-bond donors (Lipinski definition) is 0. The molecule has 20 heavy (non-hydrogen) atoms. The van der Waals surface area contributed by atoms with Gasteiger partial charge in [0.05, 0.1) is 0 Å². The van der Waals surface area contributed by atoms with E-state index in [4.69, 9.17) is 60.0 Å². The van der Waals surface area contributed by atoms with Gasteiger partial charge in [-0.1, -0.05) is 0 Å². The van der Waals surface area contributed by atoms with Crippen LogP contribution in [0.15, 0.2) is 0 Å². The van der Waals surface area contributed by atoms with Crippen LogP contribution in [-0.2, 0) is 26.2 Å². The summed E-state index contributed by atoms with van der Waals surface area (Å²) in [6.45, 7) is 0. The summed E-state index contributed by atoms with van der Waals surface area (Å²) in [4.78, 5) is 33.3. The van der Waals surface area contributed by atoms with E-state index in [2.05, 4.69) is 0 Å². The van der Waals surface area contributed by atoms with E-state index < -0.39 is 24.6 Å². The standard InChI is InChI=1S/4CH2O3.Ba.Ca.Sr.Zr/c4*2-1(3)4;;;;/h4*(H2,2,3,4);;;;/q;;;;4*+2/p-8. The second kappa shape index (κ2) is 42.9. The van der Waals surface area contributed by atoms with Crippen LogP contribution in [0.3, 0.4) is 0 Å². The van der Waals surface area contributed by atoms with Crippen molar-refractivity contribution in [3.63, 3.8) is 0 Å². The van der Waals surface area contributed by atoms with Crippen LogP contribution in [-0.4, -0.2) is 157 Å². The molecule has 0 spiro atoms. The molecule has 0 aliphatic carbocycles. The molecule has 12 nitrogen and oxygen atoms in total. The van der Waals surface area contributed by atoms with Crippen LogP contribution < -0.4 is 40.9 Å². The van der Waals surface area contributed by atoms with E-state index in [-0.39, 0.29) is 158 Å². The SMILES string of the molecule is O=C([O-])[O-].O=C([O-])[O-].O=C([O-])[O-].O=C([O-])[O-].[Ba+2].[Ca+2].[Sr+2].[Zr+2]. The second-order valence-corrected chi connectivity index (χ2v) is 1.00. The largest absolute Gasteiger partial charge is 2.00 e. The Morgan fingerprint density at radius 3 is 0.500 bits per heavy atom. The topological polar surface area (TPSA) is 253 Å². The number of rotatable bonds is 0. The first-order valence-corrected chi connectivity index (χ1v) is 2.45. The third-order valence-corrected chi connectivity index (χ3v) is 0. The average Bonchev–Trinajstić information content (AvgIpc) is 1.76. The first kappa shape index (κ1) is 49.5. The Morgan fingerprint density at radius 2 is 0.500 bits per heavy atom. The molecule has 0 atom stereocenters. The quantitative estimate of drug-likeness (QED) is 0.236. The van der Waals surface area contributed by atoms with Crippen LogP contribution in [0.4, 0.5) is 19.2 Å². The summed E-state index contributed by atoms with van der Waals surface area (Å²) in [5.74, 6) is 0. The fraction of sp³-hybridized carbons (Fsp3) is 0. The monoisotopic (exact) mass is 596 g/mol. The van der Waals surface area contributed by atoms with Crippen LogP contribution in [0.2, 0.25) is 0 Å². The maximum absolute atomic E-state index is 8.33. The Kier molecular flexibility index (Phi) is 106. The van der Waals surface area contributed by atoms with Crippen molar-refractivity contribution in [2.24, 2.45) is 0 Å². The van der Waals surface area contributed by atoms with Crippen molar-refractivity contribution in [2.75, 3.05) is 0 Å². The maximum atomic E-state index is 8.33. The molecule has 0 saturated heterocycles. The second-order valence-electron chi connectivity index (χ2n) is 1.00. The predicted molar refractivity (Wildman–Crippen MR) is 38.8 cm³/mol. The van der Waals surface area contributed by atoms with E-state index in [1.165, 1.54) is 0 Å². The average molecular weight is 596 g/mol. The number of carbonyl (C=O) groups excluding carboxylic acids is 4. The summed E-state index contributed by atoms with van der Waals surface area (Å²) in [5.41, 5.74) is 0. The summed E-state index contributed by atoms with van der Waals surface area (Å²) in [6.07, 6.45) is -9.33. The van der Waals surface area contributed by atoms with E-state index in [0.29, 0.717) is 0 Å². The normalized spacial score (nSPS) is 4.80. The molecular weight excluding hydrogens is 596 g/mol. The Hall–Kier alpha value is 2.27. The maximum Gasteiger partial charge on any atom is 2.00 e. The zero-order valence-electron chi connectivity index (χ0n) is 9.52. The van der Waals surface area contributed by atoms with Crippen LogP contribution in [0.5, 0.6) is 0 Å². The summed E-state index contributed by atoms with van der Waals surface area (Å²) in [7, 11) is 0. The van der Waals surface area contributed by atoms with Gasteiger partial charge in [0.25, 0.3) is 0 Å². The molecule has 0 rings (SSSR count).